The molecule has 0 unspecified atom stereocenters. The molecule has 0 saturated heterocycles. The minimum absolute atomic E-state index is 0.0879. The maximum Gasteiger partial charge on any atom is 0.280 e. The molecule has 14 heavy (non-hydrogen) atoms. The van der Waals surface area contributed by atoms with Gasteiger partial charge in [0.1, 0.15) is 0 Å². The highest BCUT2D eigenvalue weighted by molar-refractivity contribution is 6.28. The third-order valence-corrected chi connectivity index (χ3v) is 2.14. The lowest BCUT2D eigenvalue weighted by molar-refractivity contribution is 0.612. The van der Waals surface area contributed by atoms with E-state index in [2.05, 4.69) is 15.0 Å². The molecule has 74 valence electrons. The number of imidazole rings is 1. The number of rotatable bonds is 1. The fraction of sp³-hybridized carbons (Fsp3) is 0.375. The van der Waals surface area contributed by atoms with Gasteiger partial charge in [-0.3, -0.25) is 9.78 Å². The monoisotopic (exact) mass is 212 g/mol. The van der Waals surface area contributed by atoms with Crippen LogP contribution < -0.4 is 5.56 Å². The van der Waals surface area contributed by atoms with Crippen molar-refractivity contribution in [1.82, 2.24) is 19.5 Å². The van der Waals surface area contributed by atoms with Gasteiger partial charge in [-0.2, -0.15) is 4.98 Å². The molecule has 2 aromatic rings. The molecule has 5 nitrogen and oxygen atoms in total. The Hall–Kier alpha value is -1.36. The van der Waals surface area contributed by atoms with Crippen LogP contribution in [0.15, 0.2) is 11.1 Å². The van der Waals surface area contributed by atoms with Crippen LogP contribution >= 0.6 is 11.6 Å². The van der Waals surface area contributed by atoms with E-state index in [1.807, 2.05) is 13.8 Å². The van der Waals surface area contributed by atoms with Gasteiger partial charge in [-0.15, -0.1) is 0 Å². The lowest BCUT2D eigenvalue weighted by Gasteiger charge is -2.05. The number of nitrogens with one attached hydrogen (secondary N) is 1. The fourth-order valence-corrected chi connectivity index (χ4v) is 1.44. The van der Waals surface area contributed by atoms with Crippen LogP contribution in [0.1, 0.15) is 19.9 Å². The molecule has 1 N–H and O–H groups in total. The number of H-pyrrole nitrogens is 1. The van der Waals surface area contributed by atoms with Crippen LogP contribution in [0.2, 0.25) is 5.28 Å². The second kappa shape index (κ2) is 3.09. The summed E-state index contributed by atoms with van der Waals surface area (Å²) in [5.41, 5.74) is 0.538. The number of fused-ring (bicyclic) bond motifs is 1. The van der Waals surface area contributed by atoms with E-state index in [0.29, 0.717) is 11.2 Å². The number of hydrogen-bond acceptors (Lipinski definition) is 3. The van der Waals surface area contributed by atoms with Crippen molar-refractivity contribution in [3.63, 3.8) is 0 Å². The van der Waals surface area contributed by atoms with Crippen LogP contribution in [0.5, 0.6) is 0 Å². The smallest absolute Gasteiger partial charge is 0.280 e. The van der Waals surface area contributed by atoms with E-state index in [1.54, 1.807) is 10.9 Å². The zero-order valence-electron chi connectivity index (χ0n) is 7.78. The third kappa shape index (κ3) is 1.29. The van der Waals surface area contributed by atoms with Crippen molar-refractivity contribution >= 4 is 22.8 Å². The zero-order valence-corrected chi connectivity index (χ0v) is 8.54. The number of aromatic nitrogens is 4. The molecule has 6 heteroatoms. The molecule has 2 aromatic heterocycles. The molecular formula is C8H9ClN4O. The number of nitrogens with zero attached hydrogens (tertiary/aromatic N) is 3. The van der Waals surface area contributed by atoms with E-state index < -0.39 is 0 Å². The molecule has 2 rings (SSSR count). The highest BCUT2D eigenvalue weighted by Gasteiger charge is 2.10. The minimum atomic E-state index is -0.306. The van der Waals surface area contributed by atoms with Gasteiger partial charge in [0.25, 0.3) is 5.56 Å². The summed E-state index contributed by atoms with van der Waals surface area (Å²) >= 11 is 5.65. The molecule has 0 aliphatic heterocycles. The zero-order chi connectivity index (χ0) is 10.3. The van der Waals surface area contributed by atoms with E-state index in [4.69, 9.17) is 11.6 Å². The Bertz CT molecular complexity index is 528. The van der Waals surface area contributed by atoms with Gasteiger partial charge < -0.3 is 4.57 Å². The Kier molecular flexibility index (Phi) is 2.03. The normalized spacial score (nSPS) is 11.4. The SMILES string of the molecule is CC(C)n1cnc2c(=O)[nH]c(Cl)nc21. The average Bonchev–Trinajstić information content (AvgIpc) is 2.47. The van der Waals surface area contributed by atoms with E-state index in [-0.39, 0.29) is 16.9 Å². The van der Waals surface area contributed by atoms with Crippen LogP contribution in [0.3, 0.4) is 0 Å². The lowest BCUT2D eigenvalue weighted by atomic mass is 10.4. The van der Waals surface area contributed by atoms with E-state index in [0.717, 1.165) is 0 Å². The maximum atomic E-state index is 11.4. The fourth-order valence-electron chi connectivity index (χ4n) is 1.28. The predicted octanol–water partition coefficient (Wildman–Crippen LogP) is 1.35. The Morgan fingerprint density at radius 3 is 2.93 bits per heavy atom. The van der Waals surface area contributed by atoms with Crippen LogP contribution in [-0.4, -0.2) is 19.5 Å². The van der Waals surface area contributed by atoms with Crippen molar-refractivity contribution in [2.24, 2.45) is 0 Å². The second-order valence-electron chi connectivity index (χ2n) is 3.27. The summed E-state index contributed by atoms with van der Waals surface area (Å²) in [6.45, 7) is 3.97. The highest BCUT2D eigenvalue weighted by atomic mass is 35.5. The molecule has 0 atom stereocenters. The predicted molar refractivity (Wildman–Crippen MR) is 53.5 cm³/mol. The van der Waals surface area contributed by atoms with Gasteiger partial charge in [0, 0.05) is 6.04 Å². The van der Waals surface area contributed by atoms with Gasteiger partial charge in [-0.25, -0.2) is 4.98 Å². The van der Waals surface area contributed by atoms with Gasteiger partial charge in [0.2, 0.25) is 5.28 Å². The van der Waals surface area contributed by atoms with Crippen LogP contribution in [0.25, 0.3) is 11.2 Å². The number of aromatic amines is 1. The molecule has 0 aromatic carbocycles. The molecular weight excluding hydrogens is 204 g/mol. The Balaban J connectivity index is 2.85. The summed E-state index contributed by atoms with van der Waals surface area (Å²) < 4.78 is 1.80. The molecule has 0 amide bonds. The van der Waals surface area contributed by atoms with Crippen molar-refractivity contribution < 1.29 is 0 Å². The highest BCUT2D eigenvalue weighted by Crippen LogP contribution is 2.13. The first-order chi connectivity index (χ1) is 6.59. The topological polar surface area (TPSA) is 63.6 Å². The summed E-state index contributed by atoms with van der Waals surface area (Å²) in [5.74, 6) is 0. The van der Waals surface area contributed by atoms with Crippen LogP contribution in [0.4, 0.5) is 0 Å². The Labute approximate surface area is 84.8 Å². The van der Waals surface area contributed by atoms with Crippen LogP contribution in [-0.2, 0) is 0 Å². The first-order valence-corrected chi connectivity index (χ1v) is 4.59. The summed E-state index contributed by atoms with van der Waals surface area (Å²) in [4.78, 5) is 21.8. The lowest BCUT2D eigenvalue weighted by Crippen LogP contribution is -2.09. The molecule has 0 saturated carbocycles. The molecule has 0 fully saturated rings. The standard InChI is InChI=1S/C8H9ClN4O/c1-4(2)13-3-10-5-6(13)11-8(9)12-7(5)14/h3-4H,1-2H3,(H,11,12,14). The molecule has 0 radical (unpaired) electrons. The number of halogens is 1. The van der Waals surface area contributed by atoms with Crippen molar-refractivity contribution in [3.8, 4) is 0 Å². The largest absolute Gasteiger partial charge is 0.312 e. The number of hydrogen-bond donors (Lipinski definition) is 1. The van der Waals surface area contributed by atoms with Gasteiger partial charge in [-0.1, -0.05) is 0 Å². The first kappa shape index (κ1) is 9.21. The molecule has 0 spiro atoms. The van der Waals surface area contributed by atoms with Crippen molar-refractivity contribution in [3.05, 3.63) is 22.0 Å². The van der Waals surface area contributed by atoms with Crippen molar-refractivity contribution in [1.29, 1.82) is 0 Å². The van der Waals surface area contributed by atoms with E-state index in [9.17, 15) is 4.79 Å². The minimum Gasteiger partial charge on any atom is -0.312 e. The molecule has 0 bridgehead atoms. The average molecular weight is 213 g/mol. The van der Waals surface area contributed by atoms with Crippen LogP contribution in [0, 0.1) is 0 Å². The van der Waals surface area contributed by atoms with Gasteiger partial charge in [0.05, 0.1) is 6.33 Å². The van der Waals surface area contributed by atoms with E-state index >= 15 is 0 Å². The molecule has 0 aliphatic carbocycles. The first-order valence-electron chi connectivity index (χ1n) is 4.22. The summed E-state index contributed by atoms with van der Waals surface area (Å²) in [7, 11) is 0. The quantitative estimate of drug-likeness (QED) is 0.726. The van der Waals surface area contributed by atoms with Gasteiger partial charge >= 0.3 is 0 Å². The maximum absolute atomic E-state index is 11.4. The van der Waals surface area contributed by atoms with E-state index in [1.165, 1.54) is 0 Å². The van der Waals surface area contributed by atoms with Gasteiger partial charge in [0.15, 0.2) is 11.2 Å². The van der Waals surface area contributed by atoms with Crippen molar-refractivity contribution in [2.45, 2.75) is 19.9 Å². The summed E-state index contributed by atoms with van der Waals surface area (Å²) in [5, 5.41) is 0.0879. The molecule has 2 heterocycles. The van der Waals surface area contributed by atoms with Crippen molar-refractivity contribution in [2.75, 3.05) is 0 Å². The second-order valence-corrected chi connectivity index (χ2v) is 3.63. The Morgan fingerprint density at radius 2 is 2.29 bits per heavy atom. The summed E-state index contributed by atoms with van der Waals surface area (Å²) in [6.07, 6.45) is 1.59. The Morgan fingerprint density at radius 1 is 1.57 bits per heavy atom. The third-order valence-electron chi connectivity index (χ3n) is 1.96. The summed E-state index contributed by atoms with van der Waals surface area (Å²) in [6, 6.07) is 0.199. The molecule has 0 aliphatic rings. The van der Waals surface area contributed by atoms with Gasteiger partial charge in [-0.05, 0) is 25.4 Å².